The van der Waals surface area contributed by atoms with Gasteiger partial charge in [0.15, 0.2) is 0 Å². The van der Waals surface area contributed by atoms with Crippen molar-refractivity contribution in [2.45, 2.75) is 0 Å². The van der Waals surface area contributed by atoms with E-state index in [1.165, 1.54) is 0 Å². The van der Waals surface area contributed by atoms with E-state index in [2.05, 4.69) is 7.85 Å². The second kappa shape index (κ2) is 2.73. The van der Waals surface area contributed by atoms with Gasteiger partial charge in [-0.3, -0.25) is 0 Å². The lowest BCUT2D eigenvalue weighted by atomic mass is 10.2. The van der Waals surface area contributed by atoms with Gasteiger partial charge in [-0.25, -0.2) is 4.39 Å². The van der Waals surface area contributed by atoms with Crippen molar-refractivity contribution in [2.24, 2.45) is 0 Å². The van der Waals surface area contributed by atoms with Crippen molar-refractivity contribution in [3.63, 3.8) is 0 Å². The van der Waals surface area contributed by atoms with Crippen LogP contribution in [0.1, 0.15) is 0 Å². The molecule has 0 aromatic heterocycles. The van der Waals surface area contributed by atoms with Crippen molar-refractivity contribution in [2.75, 3.05) is 0 Å². The van der Waals surface area contributed by atoms with Crippen LogP contribution in [0.5, 0.6) is 0 Å². The molecule has 0 spiro atoms. The first-order valence-corrected chi connectivity index (χ1v) is 0.885. The number of rotatable bonds is 0. The van der Waals surface area contributed by atoms with Gasteiger partial charge in [0.05, 0.1) is 6.33 Å². The molecule has 2 radical (unpaired) electrons. The molecular weight excluding hydrogens is 53.8 g/mol. The maximum atomic E-state index is 10.4. The normalized spacial score (nSPS) is 9.25. The van der Waals surface area contributed by atoms with Gasteiger partial charge >= 0.3 is 0 Å². The molecule has 20 valence electrons. The predicted octanol–water partition coefficient (Wildman–Crippen LogP) is 0.596. The van der Waals surface area contributed by atoms with Crippen molar-refractivity contribution in [3.8, 4) is 0 Å². The average Bonchev–Trinajstić information content (AvgIpc) is 1.37. The molecule has 0 saturated carbocycles. The van der Waals surface area contributed by atoms with E-state index in [0.717, 1.165) is 5.98 Å². The van der Waals surface area contributed by atoms with E-state index in [9.17, 15) is 4.39 Å². The van der Waals surface area contributed by atoms with E-state index in [4.69, 9.17) is 0 Å². The van der Waals surface area contributed by atoms with Crippen molar-refractivity contribution in [1.29, 1.82) is 0 Å². The SMILES string of the molecule is [B]/C=C/F. The molecule has 4 heavy (non-hydrogen) atoms. The molecule has 0 unspecified atom stereocenters. The lowest BCUT2D eigenvalue weighted by molar-refractivity contribution is 0.723. The Balaban J connectivity index is 2.55. The zero-order valence-electron chi connectivity index (χ0n) is 2.11. The van der Waals surface area contributed by atoms with Crippen LogP contribution in [0.25, 0.3) is 0 Å². The van der Waals surface area contributed by atoms with Gasteiger partial charge in [-0.15, -0.1) is 5.98 Å². The lowest BCUT2D eigenvalue weighted by Gasteiger charge is -1.45. The van der Waals surface area contributed by atoms with Gasteiger partial charge in [0.1, 0.15) is 7.85 Å². The minimum atomic E-state index is 0.278. The summed E-state index contributed by atoms with van der Waals surface area (Å²) in [6.45, 7) is 0. The van der Waals surface area contributed by atoms with E-state index < -0.39 is 0 Å². The number of halogens is 1. The molecule has 2 heteroatoms. The van der Waals surface area contributed by atoms with Crippen molar-refractivity contribution >= 4 is 7.85 Å². The van der Waals surface area contributed by atoms with E-state index in [-0.39, 0.29) is 6.33 Å². The van der Waals surface area contributed by atoms with Crippen LogP contribution in [0.2, 0.25) is 0 Å². The van der Waals surface area contributed by atoms with Crippen LogP contribution in [0.15, 0.2) is 12.3 Å². The number of hydrogen-bond donors (Lipinski definition) is 0. The molecule has 0 saturated heterocycles. The van der Waals surface area contributed by atoms with E-state index in [0.29, 0.717) is 0 Å². The van der Waals surface area contributed by atoms with E-state index >= 15 is 0 Å². The van der Waals surface area contributed by atoms with Crippen LogP contribution in [0.4, 0.5) is 4.39 Å². The quantitative estimate of drug-likeness (QED) is 0.356. The Morgan fingerprint density at radius 3 is 2.00 bits per heavy atom. The highest BCUT2D eigenvalue weighted by molar-refractivity contribution is 6.16. The summed E-state index contributed by atoms with van der Waals surface area (Å²) in [5.74, 6) is 0.833. The summed E-state index contributed by atoms with van der Waals surface area (Å²) in [5.41, 5.74) is 0. The van der Waals surface area contributed by atoms with Crippen LogP contribution >= 0.6 is 0 Å². The van der Waals surface area contributed by atoms with Gasteiger partial charge in [-0.05, 0) is 0 Å². The second-order valence-corrected chi connectivity index (χ2v) is 0.318. The molecule has 0 bridgehead atoms. The molecule has 0 aromatic rings. The maximum Gasteiger partial charge on any atom is 0.106 e. The summed E-state index contributed by atoms with van der Waals surface area (Å²) in [5, 5.41) is 0. The fourth-order valence-electron chi connectivity index (χ4n) is 0. The molecule has 0 rings (SSSR count). The van der Waals surface area contributed by atoms with Crippen LogP contribution in [-0.2, 0) is 0 Å². The molecule has 0 N–H and O–H groups in total. The Labute approximate surface area is 25.7 Å². The first-order valence-electron chi connectivity index (χ1n) is 0.885. The fourth-order valence-corrected chi connectivity index (χ4v) is 0. The third-order valence-electron chi connectivity index (χ3n) is 0.0727. The molecule has 0 aliphatic carbocycles. The first-order chi connectivity index (χ1) is 1.91. The molecule has 0 fully saturated rings. The van der Waals surface area contributed by atoms with Crippen LogP contribution in [-0.4, -0.2) is 7.85 Å². The van der Waals surface area contributed by atoms with Crippen LogP contribution < -0.4 is 0 Å². The van der Waals surface area contributed by atoms with Gasteiger partial charge < -0.3 is 0 Å². The molecule has 0 aromatic carbocycles. The Bertz CT molecular complexity index is 21.2. The third kappa shape index (κ3) is 1.73. The van der Waals surface area contributed by atoms with E-state index in [1.807, 2.05) is 0 Å². The summed E-state index contributed by atoms with van der Waals surface area (Å²) < 4.78 is 10.4. The van der Waals surface area contributed by atoms with Gasteiger partial charge in [0.25, 0.3) is 0 Å². The highest BCUT2D eigenvalue weighted by atomic mass is 19.1. The van der Waals surface area contributed by atoms with Gasteiger partial charge in [0, 0.05) is 0 Å². The Hall–Kier alpha value is -0.265. The average molecular weight is 55.8 g/mol. The van der Waals surface area contributed by atoms with Crippen molar-refractivity contribution in [3.05, 3.63) is 12.3 Å². The van der Waals surface area contributed by atoms with Gasteiger partial charge in [-0.2, -0.15) is 0 Å². The monoisotopic (exact) mass is 56.0 g/mol. The molecule has 0 heterocycles. The third-order valence-corrected chi connectivity index (χ3v) is 0.0727. The summed E-state index contributed by atoms with van der Waals surface area (Å²) in [4.78, 5) is 0. The molecule has 0 amide bonds. The zero-order valence-corrected chi connectivity index (χ0v) is 2.11. The number of hydrogen-bond acceptors (Lipinski definition) is 0. The summed E-state index contributed by atoms with van der Waals surface area (Å²) in [6.07, 6.45) is 0.278. The second-order valence-electron chi connectivity index (χ2n) is 0.318. The highest BCUT2D eigenvalue weighted by Crippen LogP contribution is 1.57. The summed E-state index contributed by atoms with van der Waals surface area (Å²) >= 11 is 0. The molecule has 0 nitrogen and oxygen atoms in total. The predicted molar refractivity (Wildman–Crippen MR) is 16.0 cm³/mol. The molecule has 0 atom stereocenters. The van der Waals surface area contributed by atoms with E-state index in [1.54, 1.807) is 0 Å². The topological polar surface area (TPSA) is 0 Å². The molecule has 0 aliphatic heterocycles. The highest BCUT2D eigenvalue weighted by Gasteiger charge is 1.39. The summed E-state index contributed by atoms with van der Waals surface area (Å²) in [7, 11) is 4.47. The van der Waals surface area contributed by atoms with Crippen LogP contribution in [0.3, 0.4) is 0 Å². The Morgan fingerprint density at radius 2 is 2.00 bits per heavy atom. The lowest BCUT2D eigenvalue weighted by Crippen LogP contribution is -1.37. The zero-order chi connectivity index (χ0) is 3.41. The Morgan fingerprint density at radius 1 is 1.75 bits per heavy atom. The molecular formula is C2H2BF. The largest absolute Gasteiger partial charge is 0.217 e. The standard InChI is InChI=1S/C2H2BF/c3-1-2-4/h1-2H/b2-1+. The molecule has 0 aliphatic rings. The van der Waals surface area contributed by atoms with Crippen LogP contribution in [0, 0.1) is 0 Å². The smallest absolute Gasteiger partial charge is 0.106 e. The van der Waals surface area contributed by atoms with Gasteiger partial charge in [-0.1, -0.05) is 0 Å². The van der Waals surface area contributed by atoms with Crippen molar-refractivity contribution in [1.82, 2.24) is 0 Å². The minimum absolute atomic E-state index is 0.278. The Kier molecular flexibility index (Phi) is 2.55. The maximum absolute atomic E-state index is 10.4. The first kappa shape index (κ1) is 3.73. The van der Waals surface area contributed by atoms with Crippen molar-refractivity contribution < 1.29 is 4.39 Å². The van der Waals surface area contributed by atoms with Gasteiger partial charge in [0.2, 0.25) is 0 Å². The minimum Gasteiger partial charge on any atom is -0.217 e. The fraction of sp³-hybridized carbons (Fsp3) is 0. The summed E-state index contributed by atoms with van der Waals surface area (Å²) in [6, 6.07) is 0.